The molecule has 1 heterocycles. The van der Waals surface area contributed by atoms with Gasteiger partial charge in [0.25, 0.3) is 0 Å². The van der Waals surface area contributed by atoms with E-state index in [1.54, 1.807) is 19.1 Å². The van der Waals surface area contributed by atoms with Crippen LogP contribution in [-0.2, 0) is 4.74 Å². The summed E-state index contributed by atoms with van der Waals surface area (Å²) < 4.78 is 5.01. The van der Waals surface area contributed by atoms with Gasteiger partial charge in [0.2, 0.25) is 0 Å². The van der Waals surface area contributed by atoms with Crippen molar-refractivity contribution >= 4 is 17.3 Å². The lowest BCUT2D eigenvalue weighted by atomic mass is 9.94. The van der Waals surface area contributed by atoms with E-state index in [4.69, 9.17) is 10.5 Å². The molecular formula is C15H22N2O3. The first-order chi connectivity index (χ1) is 9.43. The number of aliphatic hydroxyl groups is 1. The Balaban J connectivity index is 2.25. The zero-order valence-electron chi connectivity index (χ0n) is 12.1. The molecule has 1 saturated heterocycles. The van der Waals surface area contributed by atoms with Crippen LogP contribution >= 0.6 is 0 Å². The standard InChI is InChI=1S/C15H22N2O3/c1-3-20-14(18)12-9-11(5-6-13(12)16)17-8-4-7-15(2,19)10-17/h5-6,9,19H,3-4,7-8,10,16H2,1-2H3. The number of nitrogens with two attached hydrogens (primary N) is 1. The SMILES string of the molecule is CCOC(=O)c1cc(N2CCCC(C)(O)C2)ccc1N. The molecule has 20 heavy (non-hydrogen) atoms. The van der Waals surface area contributed by atoms with E-state index in [1.807, 2.05) is 13.0 Å². The van der Waals surface area contributed by atoms with E-state index in [0.29, 0.717) is 24.4 Å². The summed E-state index contributed by atoms with van der Waals surface area (Å²) in [6, 6.07) is 5.33. The second-order valence-electron chi connectivity index (χ2n) is 5.51. The lowest BCUT2D eigenvalue weighted by Gasteiger charge is -2.38. The fourth-order valence-electron chi connectivity index (χ4n) is 2.57. The summed E-state index contributed by atoms with van der Waals surface area (Å²) in [5.74, 6) is -0.407. The molecule has 0 bridgehead atoms. The number of hydrogen-bond donors (Lipinski definition) is 2. The Kier molecular flexibility index (Phi) is 4.18. The van der Waals surface area contributed by atoms with Gasteiger partial charge >= 0.3 is 5.97 Å². The molecule has 1 aromatic rings. The Morgan fingerprint density at radius 3 is 2.95 bits per heavy atom. The molecule has 0 amide bonds. The highest BCUT2D eigenvalue weighted by Crippen LogP contribution is 2.28. The molecule has 1 atom stereocenters. The molecule has 0 saturated carbocycles. The van der Waals surface area contributed by atoms with Crippen molar-refractivity contribution in [3.05, 3.63) is 23.8 Å². The zero-order chi connectivity index (χ0) is 14.8. The lowest BCUT2D eigenvalue weighted by molar-refractivity contribution is 0.0449. The fourth-order valence-corrected chi connectivity index (χ4v) is 2.57. The topological polar surface area (TPSA) is 75.8 Å². The van der Waals surface area contributed by atoms with Gasteiger partial charge in [-0.2, -0.15) is 0 Å². The van der Waals surface area contributed by atoms with Crippen molar-refractivity contribution in [3.8, 4) is 0 Å². The average molecular weight is 278 g/mol. The summed E-state index contributed by atoms with van der Waals surface area (Å²) in [6.45, 7) is 5.34. The molecule has 5 nitrogen and oxygen atoms in total. The highest BCUT2D eigenvalue weighted by molar-refractivity contribution is 5.96. The Bertz CT molecular complexity index is 500. The minimum absolute atomic E-state index is 0.320. The number of esters is 1. The number of nitrogen functional groups attached to an aromatic ring is 1. The quantitative estimate of drug-likeness (QED) is 0.651. The Hall–Kier alpha value is -1.75. The maximum absolute atomic E-state index is 11.9. The van der Waals surface area contributed by atoms with Crippen LogP contribution in [0.3, 0.4) is 0 Å². The summed E-state index contributed by atoms with van der Waals surface area (Å²) in [6.07, 6.45) is 1.72. The zero-order valence-corrected chi connectivity index (χ0v) is 12.1. The maximum Gasteiger partial charge on any atom is 0.340 e. The summed E-state index contributed by atoms with van der Waals surface area (Å²) in [7, 11) is 0. The Labute approximate surface area is 119 Å². The van der Waals surface area contributed by atoms with E-state index in [0.717, 1.165) is 25.1 Å². The summed E-state index contributed by atoms with van der Waals surface area (Å²) in [5.41, 5.74) is 6.83. The third kappa shape index (κ3) is 3.22. The van der Waals surface area contributed by atoms with E-state index >= 15 is 0 Å². The molecule has 0 aliphatic carbocycles. The maximum atomic E-state index is 11.9. The molecule has 1 aliphatic rings. The van der Waals surface area contributed by atoms with Crippen LogP contribution in [0.2, 0.25) is 0 Å². The van der Waals surface area contributed by atoms with E-state index in [2.05, 4.69) is 4.90 Å². The van der Waals surface area contributed by atoms with E-state index < -0.39 is 11.6 Å². The van der Waals surface area contributed by atoms with Gasteiger partial charge in [-0.15, -0.1) is 0 Å². The number of hydrogen-bond acceptors (Lipinski definition) is 5. The molecular weight excluding hydrogens is 256 g/mol. The first kappa shape index (κ1) is 14.7. The van der Waals surface area contributed by atoms with Crippen LogP contribution in [0.25, 0.3) is 0 Å². The highest BCUT2D eigenvalue weighted by Gasteiger charge is 2.29. The van der Waals surface area contributed by atoms with Gasteiger partial charge in [0.05, 0.1) is 17.8 Å². The van der Waals surface area contributed by atoms with Crippen molar-refractivity contribution in [1.82, 2.24) is 0 Å². The third-order valence-corrected chi connectivity index (χ3v) is 3.57. The van der Waals surface area contributed by atoms with Gasteiger partial charge in [-0.25, -0.2) is 4.79 Å². The Morgan fingerprint density at radius 2 is 2.30 bits per heavy atom. The number of carbonyl (C=O) groups is 1. The number of nitrogens with zero attached hydrogens (tertiary/aromatic N) is 1. The average Bonchev–Trinajstić information content (AvgIpc) is 2.38. The minimum Gasteiger partial charge on any atom is -0.462 e. The van der Waals surface area contributed by atoms with Gasteiger partial charge in [-0.05, 0) is 44.9 Å². The van der Waals surface area contributed by atoms with Gasteiger partial charge in [0.1, 0.15) is 0 Å². The van der Waals surface area contributed by atoms with Gasteiger partial charge in [0, 0.05) is 24.5 Å². The van der Waals surface area contributed by atoms with Gasteiger partial charge < -0.3 is 20.5 Å². The van der Waals surface area contributed by atoms with E-state index in [-0.39, 0.29) is 0 Å². The van der Waals surface area contributed by atoms with Crippen molar-refractivity contribution < 1.29 is 14.6 Å². The summed E-state index contributed by atoms with van der Waals surface area (Å²) >= 11 is 0. The number of piperidine rings is 1. The van der Waals surface area contributed by atoms with Crippen LogP contribution in [0.15, 0.2) is 18.2 Å². The molecule has 2 rings (SSSR count). The molecule has 5 heteroatoms. The van der Waals surface area contributed by atoms with Crippen LogP contribution in [0.5, 0.6) is 0 Å². The van der Waals surface area contributed by atoms with Crippen molar-refractivity contribution in [1.29, 1.82) is 0 Å². The van der Waals surface area contributed by atoms with Crippen LogP contribution in [-0.4, -0.2) is 36.4 Å². The molecule has 0 aromatic heterocycles. The smallest absolute Gasteiger partial charge is 0.340 e. The molecule has 1 aromatic carbocycles. The second kappa shape index (κ2) is 5.71. The summed E-state index contributed by atoms with van der Waals surface area (Å²) in [5, 5.41) is 10.2. The van der Waals surface area contributed by atoms with Crippen LogP contribution in [0.4, 0.5) is 11.4 Å². The number of anilines is 2. The molecule has 1 aliphatic heterocycles. The van der Waals surface area contributed by atoms with Crippen LogP contribution < -0.4 is 10.6 Å². The number of β-amino-alcohol motifs (C(OH)–C–C–N with tert-alkyl or cyclic N) is 1. The van der Waals surface area contributed by atoms with Crippen molar-refractivity contribution in [3.63, 3.8) is 0 Å². The predicted molar refractivity (Wildman–Crippen MR) is 78.9 cm³/mol. The lowest BCUT2D eigenvalue weighted by Crippen LogP contribution is -2.46. The third-order valence-electron chi connectivity index (χ3n) is 3.57. The number of rotatable bonds is 3. The number of ether oxygens (including phenoxy) is 1. The van der Waals surface area contributed by atoms with E-state index in [1.165, 1.54) is 0 Å². The van der Waals surface area contributed by atoms with Crippen molar-refractivity contribution in [2.24, 2.45) is 0 Å². The molecule has 0 radical (unpaired) electrons. The molecule has 3 N–H and O–H groups in total. The molecule has 0 spiro atoms. The first-order valence-electron chi connectivity index (χ1n) is 6.97. The van der Waals surface area contributed by atoms with Crippen molar-refractivity contribution in [2.45, 2.75) is 32.3 Å². The number of benzene rings is 1. The normalized spacial score (nSPS) is 22.6. The Morgan fingerprint density at radius 1 is 1.55 bits per heavy atom. The second-order valence-corrected chi connectivity index (χ2v) is 5.51. The fraction of sp³-hybridized carbons (Fsp3) is 0.533. The summed E-state index contributed by atoms with van der Waals surface area (Å²) in [4.78, 5) is 13.9. The molecule has 1 unspecified atom stereocenters. The van der Waals surface area contributed by atoms with Gasteiger partial charge in [0.15, 0.2) is 0 Å². The monoisotopic (exact) mass is 278 g/mol. The number of carbonyl (C=O) groups excluding carboxylic acids is 1. The molecule has 1 fully saturated rings. The van der Waals surface area contributed by atoms with Crippen LogP contribution in [0.1, 0.15) is 37.0 Å². The predicted octanol–water partition coefficient (Wildman–Crippen LogP) is 1.80. The van der Waals surface area contributed by atoms with Crippen molar-refractivity contribution in [2.75, 3.05) is 30.3 Å². The van der Waals surface area contributed by atoms with Crippen LogP contribution in [0, 0.1) is 0 Å². The van der Waals surface area contributed by atoms with Gasteiger partial charge in [-0.3, -0.25) is 0 Å². The molecule has 110 valence electrons. The minimum atomic E-state index is -0.691. The highest BCUT2D eigenvalue weighted by atomic mass is 16.5. The first-order valence-corrected chi connectivity index (χ1v) is 6.97. The van der Waals surface area contributed by atoms with Gasteiger partial charge in [-0.1, -0.05) is 0 Å². The van der Waals surface area contributed by atoms with E-state index in [9.17, 15) is 9.90 Å². The largest absolute Gasteiger partial charge is 0.462 e.